The molecule has 114 heavy (non-hydrogen) atoms. The van der Waals surface area contributed by atoms with Crippen molar-refractivity contribution in [1.82, 2.24) is 63.4 Å². The largest absolute Gasteiger partial charge is 0.370 e. The first-order chi connectivity index (χ1) is 55.9. The smallest absolute Gasteiger partial charge is 0.163 e. The van der Waals surface area contributed by atoms with E-state index in [4.69, 9.17) is 43.6 Å². The first-order valence-corrected chi connectivity index (χ1v) is 42.4. The van der Waals surface area contributed by atoms with Gasteiger partial charge in [-0.25, -0.2) is 19.9 Å². The third kappa shape index (κ3) is 28.2. The van der Waals surface area contributed by atoms with E-state index in [1.165, 1.54) is 103 Å². The van der Waals surface area contributed by atoms with Crippen molar-refractivity contribution >= 4 is 80.0 Å². The summed E-state index contributed by atoms with van der Waals surface area (Å²) >= 11 is 0. The van der Waals surface area contributed by atoms with Crippen LogP contribution in [0.25, 0.3) is 33.5 Å². The Balaban J connectivity index is 0.000000175. The van der Waals surface area contributed by atoms with Crippen molar-refractivity contribution in [3.8, 4) is 0 Å². The molecule has 0 saturated carbocycles. The topological polar surface area (TPSA) is 363 Å². The van der Waals surface area contributed by atoms with E-state index >= 15 is 0 Å². The summed E-state index contributed by atoms with van der Waals surface area (Å²) < 4.78 is 7.61. The molecule has 9 heterocycles. The molecule has 0 spiro atoms. The predicted octanol–water partition coefficient (Wildman–Crippen LogP) is 16.3. The molecule has 0 unspecified atom stereocenters. The minimum atomic E-state index is 0.366. The Bertz CT molecular complexity index is 4610. The van der Waals surface area contributed by atoms with E-state index in [0.717, 1.165) is 237 Å². The molecule has 3 aromatic carbocycles. The maximum atomic E-state index is 5.59. The molecular formula is C88H134N26. The molecule has 0 aliphatic carbocycles. The molecule has 0 radical (unpaired) electrons. The number of fused-ring (bicyclic) bond motifs is 5. The molecule has 9 aromatic heterocycles. The number of H-pyrrole nitrogens is 1. The van der Waals surface area contributed by atoms with Gasteiger partial charge in [0.25, 0.3) is 0 Å². The minimum absolute atomic E-state index is 0.366. The molecule has 26 heteroatoms. The average molecular weight is 1560 g/mol. The van der Waals surface area contributed by atoms with E-state index in [0.29, 0.717) is 17.8 Å². The van der Waals surface area contributed by atoms with Crippen molar-refractivity contribution in [2.45, 2.75) is 207 Å². The van der Waals surface area contributed by atoms with Gasteiger partial charge in [-0.3, -0.25) is 0 Å². The van der Waals surface area contributed by atoms with E-state index < -0.39 is 0 Å². The van der Waals surface area contributed by atoms with E-state index in [1.807, 2.05) is 67.0 Å². The molecule has 26 nitrogen and oxygen atoms in total. The Morgan fingerprint density at radius 1 is 0.333 bits per heavy atom. The Labute approximate surface area is 676 Å². The average Bonchev–Trinajstić information content (AvgIpc) is 1.65. The summed E-state index contributed by atoms with van der Waals surface area (Å²) in [5, 5.41) is 47.5. The molecule has 0 saturated heterocycles. The number of unbranched alkanes of at least 4 members (excludes halogenated alkanes) is 15. The van der Waals surface area contributed by atoms with Gasteiger partial charge in [-0.2, -0.15) is 38.5 Å². The molecule has 616 valence electrons. The molecule has 0 aliphatic heterocycles. The fraction of sp³-hybridized carbons (Fsp3) is 0.500. The van der Waals surface area contributed by atoms with Crippen LogP contribution in [0.2, 0.25) is 0 Å². The fourth-order valence-electron chi connectivity index (χ4n) is 13.6. The fourth-order valence-corrected chi connectivity index (χ4v) is 13.6. The Morgan fingerprint density at radius 3 is 1.10 bits per heavy atom. The maximum Gasteiger partial charge on any atom is 0.163 e. The quantitative estimate of drug-likeness (QED) is 0.0158. The summed E-state index contributed by atoms with van der Waals surface area (Å²) in [4.78, 5) is 22.5. The lowest BCUT2D eigenvalue weighted by atomic mass is 10.1. The number of anilines is 8. The van der Waals surface area contributed by atoms with Crippen molar-refractivity contribution in [3.05, 3.63) is 180 Å². The molecule has 19 N–H and O–H groups in total. The molecule has 12 rings (SSSR count). The van der Waals surface area contributed by atoms with Gasteiger partial charge < -0.3 is 76.2 Å². The number of para-hydroxylation sites is 1. The van der Waals surface area contributed by atoms with Gasteiger partial charge in [-0.1, -0.05) is 185 Å². The summed E-state index contributed by atoms with van der Waals surface area (Å²) in [7, 11) is 0. The van der Waals surface area contributed by atoms with Gasteiger partial charge in [0.1, 0.15) is 46.5 Å². The Morgan fingerprint density at radius 2 is 0.684 bits per heavy atom. The number of nitrogens with one attached hydrogen (secondary N) is 9. The van der Waals surface area contributed by atoms with Crippen LogP contribution in [0.4, 0.5) is 46.5 Å². The highest BCUT2D eigenvalue weighted by Gasteiger charge is 2.19. The van der Waals surface area contributed by atoms with Crippen molar-refractivity contribution in [3.63, 3.8) is 0 Å². The first kappa shape index (κ1) is 87.8. The van der Waals surface area contributed by atoms with E-state index in [9.17, 15) is 0 Å². The van der Waals surface area contributed by atoms with Crippen LogP contribution in [-0.2, 0) is 19.4 Å². The SMILES string of the molecule is CC(C)c1cnn2c(NCCCCCCN)cc(NCCCCCCN)nc12.CC(C)c1cnn2c(NCCc3c[nH]c4ccccc34)cc(NCCCCCCN)nc12.CC(C)c1cnn2c(NCCc3ccccc3)cc(NCCCCCCN)nc12.NCCCCCCNc1cc(NCc2ccccc2)n2nccc2n1. The number of nitrogens with two attached hydrogens (primary N) is 5. The van der Waals surface area contributed by atoms with Gasteiger partial charge in [0.05, 0.1) is 24.8 Å². The van der Waals surface area contributed by atoms with E-state index in [1.54, 1.807) is 6.20 Å². The molecule has 0 atom stereocenters. The van der Waals surface area contributed by atoms with Crippen LogP contribution in [0.1, 0.15) is 221 Å². The summed E-state index contributed by atoms with van der Waals surface area (Å²) in [5.74, 6) is 8.60. The molecule has 0 fully saturated rings. The normalized spacial score (nSPS) is 11.4. The zero-order chi connectivity index (χ0) is 80.3. The lowest BCUT2D eigenvalue weighted by Gasteiger charge is -2.13. The highest BCUT2D eigenvalue weighted by molar-refractivity contribution is 5.83. The van der Waals surface area contributed by atoms with E-state index in [-0.39, 0.29) is 0 Å². The van der Waals surface area contributed by atoms with Gasteiger partial charge in [0, 0.05) is 116 Å². The second-order valence-corrected chi connectivity index (χ2v) is 30.4. The number of rotatable bonds is 49. The van der Waals surface area contributed by atoms with Crippen LogP contribution in [-0.4, -0.2) is 142 Å². The second kappa shape index (κ2) is 49.5. The van der Waals surface area contributed by atoms with Crippen molar-refractivity contribution in [2.75, 3.05) is 121 Å². The molecule has 0 aliphatic rings. The van der Waals surface area contributed by atoms with Crippen molar-refractivity contribution < 1.29 is 0 Å². The summed E-state index contributed by atoms with van der Waals surface area (Å²) in [5.41, 5.74) is 40.0. The Hall–Kier alpha value is -10.1. The number of nitrogens with zero attached hydrogens (tertiary/aromatic N) is 12. The van der Waals surface area contributed by atoms with Gasteiger partial charge >= 0.3 is 0 Å². The first-order valence-electron chi connectivity index (χ1n) is 42.4. The highest BCUT2D eigenvalue weighted by atomic mass is 15.3. The summed E-state index contributed by atoms with van der Waals surface area (Å²) in [6.45, 7) is 24.0. The van der Waals surface area contributed by atoms with Crippen LogP contribution in [0.15, 0.2) is 146 Å². The zero-order valence-corrected chi connectivity index (χ0v) is 69.1. The standard InChI is InChI=1S/C25H35N7.C23H34N6.C21H39N7.C19H26N6/c1-18(2)21-17-30-32-24(15-23(31-25(21)32)27-13-8-4-3-7-12-26)28-14-11-19-16-29-22-10-6-5-9-20(19)22;1-18(2)20-17-27-29-22(26-15-12-19-10-6-5-7-11-19)16-21(28-23(20)29)25-14-9-4-3-8-13-24;1-17(2)18-16-26-28-20(25-14-10-6-4-8-12-23)15-19(27-21(18)28)24-13-9-5-3-7-11-22;20-11-6-1-2-7-12-21-17-14-19(25-18(24-17)10-13-23-25)22-15-16-8-4-3-5-9-16/h5-6,9-10,15-18,28-29H,3-4,7-8,11-14,26H2,1-2H3,(H,27,31);5-7,10-11,16-18,26H,3-4,8-9,12-15,24H2,1-2H3,(H,25,28);15-17,25H,3-14,22-23H2,1-2H3,(H,24,27);3-5,8-10,13-14,22H,1-2,6-7,11-12,15,20H2,(H,21,24). The van der Waals surface area contributed by atoms with Crippen LogP contribution < -0.4 is 71.2 Å². The molecular weight excluding hydrogens is 1420 g/mol. The van der Waals surface area contributed by atoms with Crippen LogP contribution in [0, 0.1) is 0 Å². The van der Waals surface area contributed by atoms with Gasteiger partial charge in [-0.15, -0.1) is 0 Å². The van der Waals surface area contributed by atoms with Crippen LogP contribution >= 0.6 is 0 Å². The lowest BCUT2D eigenvalue weighted by Crippen LogP contribution is -2.12. The van der Waals surface area contributed by atoms with Gasteiger partial charge in [0.2, 0.25) is 0 Å². The highest BCUT2D eigenvalue weighted by Crippen LogP contribution is 2.29. The third-order valence-corrected chi connectivity index (χ3v) is 20.2. The van der Waals surface area contributed by atoms with Gasteiger partial charge in [-0.05, 0) is 150 Å². The van der Waals surface area contributed by atoms with Crippen LogP contribution in [0.3, 0.4) is 0 Å². The van der Waals surface area contributed by atoms with Crippen LogP contribution in [0.5, 0.6) is 0 Å². The third-order valence-electron chi connectivity index (χ3n) is 20.2. The summed E-state index contributed by atoms with van der Waals surface area (Å²) in [6.07, 6.45) is 34.7. The van der Waals surface area contributed by atoms with Crippen molar-refractivity contribution in [2.24, 2.45) is 28.7 Å². The van der Waals surface area contributed by atoms with Gasteiger partial charge in [0.15, 0.2) is 22.6 Å². The summed E-state index contributed by atoms with van der Waals surface area (Å²) in [6, 6.07) is 39.4. The maximum absolute atomic E-state index is 5.59. The number of aromatic nitrogens is 13. The molecule has 0 bridgehead atoms. The number of hydrogen-bond acceptors (Lipinski definition) is 21. The second-order valence-electron chi connectivity index (χ2n) is 30.4. The number of hydrogen-bond donors (Lipinski definition) is 14. The minimum Gasteiger partial charge on any atom is -0.370 e. The monoisotopic (exact) mass is 1560 g/mol. The Kier molecular flexibility index (Phi) is 38.1. The predicted molar refractivity (Wildman–Crippen MR) is 477 cm³/mol. The zero-order valence-electron chi connectivity index (χ0n) is 69.1. The van der Waals surface area contributed by atoms with Crippen molar-refractivity contribution in [1.29, 1.82) is 0 Å². The molecule has 12 aromatic rings. The van der Waals surface area contributed by atoms with E-state index in [2.05, 4.69) is 206 Å². The number of benzene rings is 3. The lowest BCUT2D eigenvalue weighted by molar-refractivity contribution is 0.659. The number of aromatic amines is 1. The molecule has 0 amide bonds.